The zero-order chi connectivity index (χ0) is 8.10. The van der Waals surface area contributed by atoms with Crippen molar-refractivity contribution in [1.29, 1.82) is 0 Å². The molecule has 0 aromatic heterocycles. The first-order valence-corrected chi connectivity index (χ1v) is 4.24. The van der Waals surface area contributed by atoms with Crippen molar-refractivity contribution < 1.29 is 9.53 Å². The molecule has 1 fully saturated rings. The van der Waals surface area contributed by atoms with Crippen LogP contribution in [0.1, 0.15) is 32.6 Å². The van der Waals surface area contributed by atoms with Crippen LogP contribution in [-0.2, 0) is 9.53 Å². The van der Waals surface area contributed by atoms with Crippen LogP contribution in [0.15, 0.2) is 0 Å². The van der Waals surface area contributed by atoms with Gasteiger partial charge in [-0.3, -0.25) is 4.79 Å². The minimum Gasteiger partial charge on any atom is -0.349 e. The van der Waals surface area contributed by atoms with Gasteiger partial charge in [0.15, 0.2) is 0 Å². The van der Waals surface area contributed by atoms with Gasteiger partial charge in [0, 0.05) is 0 Å². The summed E-state index contributed by atoms with van der Waals surface area (Å²) in [4.78, 5) is 10.7. The standard InChI is InChI=1S/C8H15NO2/c1-2-3-4-5-8-9-7(10)6-11-8/h8H,2-6H2,1H3,(H,9,10). The van der Waals surface area contributed by atoms with Gasteiger partial charge in [0.1, 0.15) is 12.8 Å². The quantitative estimate of drug-likeness (QED) is 0.619. The number of rotatable bonds is 4. The fourth-order valence-electron chi connectivity index (χ4n) is 1.17. The van der Waals surface area contributed by atoms with Crippen molar-refractivity contribution in [3.8, 4) is 0 Å². The van der Waals surface area contributed by atoms with Gasteiger partial charge in [0.25, 0.3) is 0 Å². The molecule has 3 nitrogen and oxygen atoms in total. The summed E-state index contributed by atoms with van der Waals surface area (Å²) in [5.74, 6) is 0.0199. The predicted octanol–water partition coefficient (Wildman–Crippen LogP) is 1.04. The number of hydrogen-bond acceptors (Lipinski definition) is 2. The second kappa shape index (κ2) is 4.34. The summed E-state index contributed by atoms with van der Waals surface area (Å²) in [6.07, 6.45) is 4.52. The van der Waals surface area contributed by atoms with Crippen molar-refractivity contribution in [2.45, 2.75) is 38.8 Å². The number of amides is 1. The fraction of sp³-hybridized carbons (Fsp3) is 0.875. The maximum Gasteiger partial charge on any atom is 0.248 e. The van der Waals surface area contributed by atoms with Crippen LogP contribution in [0.5, 0.6) is 0 Å². The topological polar surface area (TPSA) is 38.3 Å². The molecule has 11 heavy (non-hydrogen) atoms. The molecule has 1 aliphatic rings. The summed E-state index contributed by atoms with van der Waals surface area (Å²) in [5.41, 5.74) is 0. The smallest absolute Gasteiger partial charge is 0.248 e. The Bertz CT molecular complexity index is 136. The molecule has 3 heteroatoms. The molecule has 0 aromatic rings. The average molecular weight is 157 g/mol. The zero-order valence-electron chi connectivity index (χ0n) is 6.93. The second-order valence-electron chi connectivity index (χ2n) is 2.86. The van der Waals surface area contributed by atoms with Gasteiger partial charge >= 0.3 is 0 Å². The van der Waals surface area contributed by atoms with Crippen molar-refractivity contribution in [3.63, 3.8) is 0 Å². The van der Waals surface area contributed by atoms with Gasteiger partial charge in [0.05, 0.1) is 0 Å². The Morgan fingerprint density at radius 2 is 2.45 bits per heavy atom. The van der Waals surface area contributed by atoms with Crippen molar-refractivity contribution in [3.05, 3.63) is 0 Å². The molecule has 0 radical (unpaired) electrons. The number of ether oxygens (including phenoxy) is 1. The van der Waals surface area contributed by atoms with Crippen LogP contribution in [-0.4, -0.2) is 18.7 Å². The summed E-state index contributed by atoms with van der Waals surface area (Å²) in [7, 11) is 0. The lowest BCUT2D eigenvalue weighted by molar-refractivity contribution is -0.119. The SMILES string of the molecule is CCCCCC1NC(=O)CO1. The Balaban J connectivity index is 2.04. The van der Waals surface area contributed by atoms with Gasteiger partial charge in [-0.2, -0.15) is 0 Å². The molecule has 1 aliphatic heterocycles. The number of unbranched alkanes of at least 4 members (excludes halogenated alkanes) is 2. The van der Waals surface area contributed by atoms with Gasteiger partial charge < -0.3 is 10.1 Å². The van der Waals surface area contributed by atoms with E-state index in [4.69, 9.17) is 4.74 Å². The van der Waals surface area contributed by atoms with E-state index in [1.807, 2.05) is 0 Å². The van der Waals surface area contributed by atoms with Crippen molar-refractivity contribution in [2.75, 3.05) is 6.61 Å². The summed E-state index contributed by atoms with van der Waals surface area (Å²) < 4.78 is 5.15. The molecular formula is C8H15NO2. The first-order valence-electron chi connectivity index (χ1n) is 4.24. The monoisotopic (exact) mass is 157 g/mol. The minimum atomic E-state index is -0.00551. The first-order chi connectivity index (χ1) is 5.33. The molecule has 0 bridgehead atoms. The third kappa shape index (κ3) is 2.89. The summed E-state index contributed by atoms with van der Waals surface area (Å²) >= 11 is 0. The number of carbonyl (C=O) groups is 1. The van der Waals surface area contributed by atoms with Crippen LogP contribution in [0.3, 0.4) is 0 Å². The molecule has 0 aliphatic carbocycles. The van der Waals surface area contributed by atoms with Gasteiger partial charge in [-0.25, -0.2) is 0 Å². The van der Waals surface area contributed by atoms with E-state index in [1.165, 1.54) is 12.8 Å². The summed E-state index contributed by atoms with van der Waals surface area (Å²) in [6, 6.07) is 0. The fourth-order valence-corrected chi connectivity index (χ4v) is 1.17. The van der Waals surface area contributed by atoms with Crippen molar-refractivity contribution in [2.24, 2.45) is 0 Å². The van der Waals surface area contributed by atoms with Crippen LogP contribution < -0.4 is 5.32 Å². The lowest BCUT2D eigenvalue weighted by Gasteiger charge is -2.07. The van der Waals surface area contributed by atoms with Gasteiger partial charge in [-0.15, -0.1) is 0 Å². The minimum absolute atomic E-state index is 0.00551. The van der Waals surface area contributed by atoms with E-state index in [-0.39, 0.29) is 18.7 Å². The van der Waals surface area contributed by atoms with Crippen LogP contribution in [0.2, 0.25) is 0 Å². The molecule has 0 saturated carbocycles. The maximum atomic E-state index is 10.7. The molecule has 1 heterocycles. The van der Waals surface area contributed by atoms with E-state index in [2.05, 4.69) is 12.2 Å². The lowest BCUT2D eigenvalue weighted by atomic mass is 10.2. The highest BCUT2D eigenvalue weighted by Gasteiger charge is 2.19. The molecular weight excluding hydrogens is 142 g/mol. The highest BCUT2D eigenvalue weighted by Crippen LogP contribution is 2.07. The van der Waals surface area contributed by atoms with Gasteiger partial charge in [-0.05, 0) is 12.8 Å². The highest BCUT2D eigenvalue weighted by molar-refractivity contribution is 5.78. The Morgan fingerprint density at radius 3 is 3.00 bits per heavy atom. The van der Waals surface area contributed by atoms with Crippen LogP contribution in [0, 0.1) is 0 Å². The largest absolute Gasteiger partial charge is 0.349 e. The average Bonchev–Trinajstić information content (AvgIpc) is 2.37. The van der Waals surface area contributed by atoms with Crippen LogP contribution in [0.4, 0.5) is 0 Å². The Hall–Kier alpha value is -0.570. The Morgan fingerprint density at radius 1 is 1.64 bits per heavy atom. The highest BCUT2D eigenvalue weighted by atomic mass is 16.5. The van der Waals surface area contributed by atoms with Gasteiger partial charge in [-0.1, -0.05) is 19.8 Å². The van der Waals surface area contributed by atoms with Crippen molar-refractivity contribution in [1.82, 2.24) is 5.32 Å². The summed E-state index contributed by atoms with van der Waals surface area (Å²) in [5, 5.41) is 2.75. The summed E-state index contributed by atoms with van der Waals surface area (Å²) in [6.45, 7) is 2.41. The Kier molecular flexibility index (Phi) is 3.36. The van der Waals surface area contributed by atoms with Crippen LogP contribution >= 0.6 is 0 Å². The van der Waals surface area contributed by atoms with E-state index in [1.54, 1.807) is 0 Å². The molecule has 1 amide bonds. The number of hydrogen-bond donors (Lipinski definition) is 1. The number of carbonyl (C=O) groups excluding carboxylic acids is 1. The third-order valence-corrected chi connectivity index (χ3v) is 1.81. The molecule has 1 saturated heterocycles. The predicted molar refractivity (Wildman–Crippen MR) is 42.0 cm³/mol. The molecule has 1 rings (SSSR count). The van der Waals surface area contributed by atoms with E-state index in [0.717, 1.165) is 12.8 Å². The molecule has 64 valence electrons. The maximum absolute atomic E-state index is 10.7. The Labute approximate surface area is 67.1 Å². The zero-order valence-corrected chi connectivity index (χ0v) is 6.93. The van der Waals surface area contributed by atoms with E-state index in [9.17, 15) is 4.79 Å². The molecule has 1 N–H and O–H groups in total. The molecule has 0 spiro atoms. The normalized spacial score (nSPS) is 23.7. The molecule has 0 aromatic carbocycles. The second-order valence-corrected chi connectivity index (χ2v) is 2.86. The van der Waals surface area contributed by atoms with Crippen LogP contribution in [0.25, 0.3) is 0 Å². The van der Waals surface area contributed by atoms with E-state index >= 15 is 0 Å². The first kappa shape index (κ1) is 8.53. The van der Waals surface area contributed by atoms with Gasteiger partial charge in [0.2, 0.25) is 5.91 Å². The third-order valence-electron chi connectivity index (χ3n) is 1.81. The molecule has 1 unspecified atom stereocenters. The van der Waals surface area contributed by atoms with E-state index in [0.29, 0.717) is 0 Å². The van der Waals surface area contributed by atoms with Crippen molar-refractivity contribution >= 4 is 5.91 Å². The molecule has 1 atom stereocenters. The van der Waals surface area contributed by atoms with E-state index < -0.39 is 0 Å². The number of nitrogens with one attached hydrogen (secondary N) is 1. The lowest BCUT2D eigenvalue weighted by Crippen LogP contribution is -2.25.